The first kappa shape index (κ1) is 13.9. The summed E-state index contributed by atoms with van der Waals surface area (Å²) in [6.45, 7) is 1.94. The number of benzene rings is 1. The summed E-state index contributed by atoms with van der Waals surface area (Å²) in [5.74, 6) is -0.689. The molecular weight excluding hydrogens is 256 g/mol. The third kappa shape index (κ3) is 2.71. The van der Waals surface area contributed by atoms with Gasteiger partial charge in [-0.15, -0.1) is 0 Å². The van der Waals surface area contributed by atoms with E-state index in [-0.39, 0.29) is 23.5 Å². The van der Waals surface area contributed by atoms with E-state index in [1.807, 2.05) is 30.3 Å². The fourth-order valence-corrected chi connectivity index (χ4v) is 1.94. The number of aromatic nitrogens is 1. The molecule has 0 unspecified atom stereocenters. The van der Waals surface area contributed by atoms with Crippen LogP contribution < -0.4 is 15.9 Å². The molecule has 0 aliphatic rings. The zero-order chi connectivity index (χ0) is 14.7. The molecule has 0 saturated carbocycles. The number of rotatable bonds is 4. The van der Waals surface area contributed by atoms with E-state index in [2.05, 4.69) is 0 Å². The molecule has 2 rings (SSSR count). The van der Waals surface area contributed by atoms with Crippen LogP contribution in [0.15, 0.2) is 41.2 Å². The van der Waals surface area contributed by atoms with Gasteiger partial charge in [0.15, 0.2) is 11.4 Å². The van der Waals surface area contributed by atoms with E-state index >= 15 is 0 Å². The molecular formula is C15H16N2O3. The summed E-state index contributed by atoms with van der Waals surface area (Å²) >= 11 is 0. The standard InChI is InChI=1S/C15H16N2O3/c1-10-8-12(18)14(13(15(16)19)17(10)2)20-9-11-6-4-3-5-7-11/h3-8H,9H2,1-2H3,(H2,16,19). The van der Waals surface area contributed by atoms with Crippen LogP contribution in [0.3, 0.4) is 0 Å². The van der Waals surface area contributed by atoms with Crippen molar-refractivity contribution >= 4 is 5.91 Å². The Kier molecular flexibility index (Phi) is 3.89. The number of amides is 1. The first-order valence-corrected chi connectivity index (χ1v) is 6.18. The topological polar surface area (TPSA) is 74.3 Å². The summed E-state index contributed by atoms with van der Waals surface area (Å²) in [6.07, 6.45) is 0. The van der Waals surface area contributed by atoms with Gasteiger partial charge in [0.25, 0.3) is 5.91 Å². The van der Waals surface area contributed by atoms with E-state index in [1.165, 1.54) is 6.07 Å². The molecule has 0 saturated heterocycles. The molecule has 0 bridgehead atoms. The van der Waals surface area contributed by atoms with Gasteiger partial charge in [0.2, 0.25) is 5.43 Å². The molecule has 0 fully saturated rings. The molecule has 0 aliphatic carbocycles. The summed E-state index contributed by atoms with van der Waals surface area (Å²) < 4.78 is 7.08. The fraction of sp³-hybridized carbons (Fsp3) is 0.200. The monoisotopic (exact) mass is 272 g/mol. The summed E-state index contributed by atoms with van der Waals surface area (Å²) in [5.41, 5.74) is 6.65. The number of hydrogen-bond acceptors (Lipinski definition) is 3. The number of carbonyl (C=O) groups is 1. The van der Waals surface area contributed by atoms with Crippen LogP contribution in [-0.2, 0) is 13.7 Å². The lowest BCUT2D eigenvalue weighted by Gasteiger charge is -2.14. The van der Waals surface area contributed by atoms with Gasteiger partial charge in [-0.1, -0.05) is 30.3 Å². The molecule has 1 aromatic carbocycles. The summed E-state index contributed by atoms with van der Waals surface area (Å²) in [5, 5.41) is 0. The van der Waals surface area contributed by atoms with E-state index in [0.717, 1.165) is 5.56 Å². The van der Waals surface area contributed by atoms with Crippen molar-refractivity contribution in [1.82, 2.24) is 4.57 Å². The van der Waals surface area contributed by atoms with Crippen LogP contribution in [0.5, 0.6) is 5.75 Å². The molecule has 0 spiro atoms. The first-order valence-electron chi connectivity index (χ1n) is 6.18. The van der Waals surface area contributed by atoms with Gasteiger partial charge >= 0.3 is 0 Å². The number of ether oxygens (including phenoxy) is 1. The van der Waals surface area contributed by atoms with Crippen molar-refractivity contribution < 1.29 is 9.53 Å². The van der Waals surface area contributed by atoms with Gasteiger partial charge in [-0.2, -0.15) is 0 Å². The van der Waals surface area contributed by atoms with Crippen molar-refractivity contribution in [2.24, 2.45) is 12.8 Å². The van der Waals surface area contributed by atoms with Gasteiger partial charge in [-0.05, 0) is 12.5 Å². The quantitative estimate of drug-likeness (QED) is 0.913. The number of nitrogens with two attached hydrogens (primary N) is 1. The minimum Gasteiger partial charge on any atom is -0.483 e. The van der Waals surface area contributed by atoms with Crippen molar-refractivity contribution in [2.75, 3.05) is 0 Å². The SMILES string of the molecule is Cc1cc(=O)c(OCc2ccccc2)c(C(N)=O)n1C. The van der Waals surface area contributed by atoms with Crippen molar-refractivity contribution in [3.63, 3.8) is 0 Å². The maximum absolute atomic E-state index is 12.0. The van der Waals surface area contributed by atoms with Crippen LogP contribution in [0, 0.1) is 6.92 Å². The predicted molar refractivity (Wildman–Crippen MR) is 75.7 cm³/mol. The van der Waals surface area contributed by atoms with Gasteiger partial charge in [-0.25, -0.2) is 0 Å². The van der Waals surface area contributed by atoms with E-state index in [1.54, 1.807) is 18.5 Å². The van der Waals surface area contributed by atoms with Crippen molar-refractivity contribution in [3.05, 3.63) is 63.6 Å². The van der Waals surface area contributed by atoms with Crippen molar-refractivity contribution in [3.8, 4) is 5.75 Å². The summed E-state index contributed by atoms with van der Waals surface area (Å²) in [7, 11) is 1.67. The van der Waals surface area contributed by atoms with Gasteiger partial charge in [0.1, 0.15) is 6.61 Å². The van der Waals surface area contributed by atoms with Gasteiger partial charge in [0.05, 0.1) is 0 Å². The van der Waals surface area contributed by atoms with Crippen LogP contribution in [0.1, 0.15) is 21.7 Å². The van der Waals surface area contributed by atoms with Crippen LogP contribution in [0.4, 0.5) is 0 Å². The first-order chi connectivity index (χ1) is 9.50. The zero-order valence-electron chi connectivity index (χ0n) is 11.4. The van der Waals surface area contributed by atoms with E-state index < -0.39 is 5.91 Å². The maximum Gasteiger partial charge on any atom is 0.269 e. The molecule has 0 radical (unpaired) electrons. The molecule has 5 nitrogen and oxygen atoms in total. The van der Waals surface area contributed by atoms with E-state index in [0.29, 0.717) is 5.69 Å². The average molecular weight is 272 g/mol. The number of hydrogen-bond donors (Lipinski definition) is 1. The highest BCUT2D eigenvalue weighted by atomic mass is 16.5. The Balaban J connectivity index is 2.39. The van der Waals surface area contributed by atoms with Gasteiger partial charge in [0, 0.05) is 18.8 Å². The Morgan fingerprint density at radius 3 is 2.55 bits per heavy atom. The predicted octanol–water partition coefficient (Wildman–Crippen LogP) is 1.37. The lowest BCUT2D eigenvalue weighted by Crippen LogP contribution is -2.25. The summed E-state index contributed by atoms with van der Waals surface area (Å²) in [4.78, 5) is 23.5. The lowest BCUT2D eigenvalue weighted by atomic mass is 10.2. The Morgan fingerprint density at radius 2 is 1.95 bits per heavy atom. The van der Waals surface area contributed by atoms with Gasteiger partial charge < -0.3 is 15.0 Å². The molecule has 2 N–H and O–H groups in total. The van der Waals surface area contributed by atoms with E-state index in [4.69, 9.17) is 10.5 Å². The second-order valence-electron chi connectivity index (χ2n) is 4.53. The largest absolute Gasteiger partial charge is 0.483 e. The molecule has 1 heterocycles. The Bertz CT molecular complexity index is 690. The van der Waals surface area contributed by atoms with Crippen LogP contribution in [0.25, 0.3) is 0 Å². The molecule has 1 amide bonds. The van der Waals surface area contributed by atoms with Crippen molar-refractivity contribution in [2.45, 2.75) is 13.5 Å². The highest BCUT2D eigenvalue weighted by molar-refractivity contribution is 5.93. The Hall–Kier alpha value is -2.56. The summed E-state index contributed by atoms with van der Waals surface area (Å²) in [6, 6.07) is 10.8. The maximum atomic E-state index is 12.0. The zero-order valence-corrected chi connectivity index (χ0v) is 11.4. The minimum atomic E-state index is -0.684. The van der Waals surface area contributed by atoms with E-state index in [9.17, 15) is 9.59 Å². The average Bonchev–Trinajstić information content (AvgIpc) is 2.42. The van der Waals surface area contributed by atoms with Crippen molar-refractivity contribution in [1.29, 1.82) is 0 Å². The highest BCUT2D eigenvalue weighted by Crippen LogP contribution is 2.15. The molecule has 20 heavy (non-hydrogen) atoms. The second kappa shape index (κ2) is 5.61. The number of nitrogens with zero attached hydrogens (tertiary/aromatic N) is 1. The highest BCUT2D eigenvalue weighted by Gasteiger charge is 2.18. The van der Waals surface area contributed by atoms with Gasteiger partial charge in [-0.3, -0.25) is 9.59 Å². The number of pyridine rings is 1. The smallest absolute Gasteiger partial charge is 0.269 e. The Morgan fingerprint density at radius 1 is 1.30 bits per heavy atom. The van der Waals surface area contributed by atoms with Crippen LogP contribution in [-0.4, -0.2) is 10.5 Å². The molecule has 1 aromatic heterocycles. The molecule has 104 valence electrons. The number of aryl methyl sites for hydroxylation is 1. The van der Waals surface area contributed by atoms with Crippen LogP contribution in [0.2, 0.25) is 0 Å². The lowest BCUT2D eigenvalue weighted by molar-refractivity contribution is 0.0985. The normalized spacial score (nSPS) is 10.3. The number of carbonyl (C=O) groups excluding carboxylic acids is 1. The second-order valence-corrected chi connectivity index (χ2v) is 4.53. The Labute approximate surface area is 116 Å². The third-order valence-electron chi connectivity index (χ3n) is 3.10. The third-order valence-corrected chi connectivity index (χ3v) is 3.10. The molecule has 2 aromatic rings. The number of primary amides is 1. The molecule has 0 aliphatic heterocycles. The van der Waals surface area contributed by atoms with Crippen LogP contribution >= 0.6 is 0 Å². The molecule has 5 heteroatoms. The molecule has 0 atom stereocenters. The fourth-order valence-electron chi connectivity index (χ4n) is 1.94. The minimum absolute atomic E-state index is 0.00514.